The van der Waals surface area contributed by atoms with Crippen LogP contribution in [-0.2, 0) is 22.6 Å². The number of hydrogen-bond acceptors (Lipinski definition) is 4. The Hall–Kier alpha value is -2.02. The van der Waals surface area contributed by atoms with Gasteiger partial charge in [0.2, 0.25) is 5.91 Å². The van der Waals surface area contributed by atoms with Gasteiger partial charge in [0.05, 0.1) is 23.4 Å². The number of ether oxygens (including phenoxy) is 1. The van der Waals surface area contributed by atoms with Crippen LogP contribution in [0.1, 0.15) is 19.4 Å². The summed E-state index contributed by atoms with van der Waals surface area (Å²) in [5, 5.41) is 1.45. The quantitative estimate of drug-likeness (QED) is 0.453. The van der Waals surface area contributed by atoms with Gasteiger partial charge in [-0.3, -0.25) is 4.79 Å². The number of amides is 1. The van der Waals surface area contributed by atoms with Crippen molar-refractivity contribution < 1.29 is 9.53 Å². The molecule has 5 nitrogen and oxygen atoms in total. The number of aromatic nitrogens is 2. The van der Waals surface area contributed by atoms with E-state index in [-0.39, 0.29) is 11.9 Å². The summed E-state index contributed by atoms with van der Waals surface area (Å²) in [4.78, 5) is 19.6. The fourth-order valence-electron chi connectivity index (χ4n) is 3.14. The van der Waals surface area contributed by atoms with Crippen LogP contribution in [0.2, 0.25) is 5.02 Å². The molecule has 1 aromatic heterocycles. The molecule has 0 radical (unpaired) electrons. The summed E-state index contributed by atoms with van der Waals surface area (Å²) in [5.41, 5.74) is 2.95. The van der Waals surface area contributed by atoms with E-state index in [0.717, 1.165) is 21.8 Å². The van der Waals surface area contributed by atoms with Gasteiger partial charge in [0.1, 0.15) is 0 Å². The predicted octanol–water partition coefficient (Wildman–Crippen LogP) is 4.87. The molecule has 0 aliphatic rings. The van der Waals surface area contributed by atoms with Crippen LogP contribution in [0.5, 0.6) is 0 Å². The van der Waals surface area contributed by atoms with Crippen molar-refractivity contribution in [1.29, 1.82) is 0 Å². The number of imidazole rings is 1. The fourth-order valence-corrected chi connectivity index (χ4v) is 4.23. The number of hydrogen-bond donors (Lipinski definition) is 0. The Morgan fingerprint density at radius 1 is 1.24 bits per heavy atom. The lowest BCUT2D eigenvalue weighted by molar-refractivity contribution is -0.130. The van der Waals surface area contributed by atoms with Crippen molar-refractivity contribution >= 4 is 40.3 Å². The average molecular weight is 432 g/mol. The second-order valence-corrected chi connectivity index (χ2v) is 8.44. The molecule has 0 spiro atoms. The van der Waals surface area contributed by atoms with Gasteiger partial charge in [0, 0.05) is 31.3 Å². The third-order valence-corrected chi connectivity index (χ3v) is 5.85. The highest BCUT2D eigenvalue weighted by Crippen LogP contribution is 2.27. The van der Waals surface area contributed by atoms with Crippen molar-refractivity contribution in [1.82, 2.24) is 14.5 Å². The van der Waals surface area contributed by atoms with Gasteiger partial charge in [0.25, 0.3) is 0 Å². The first kappa shape index (κ1) is 21.7. The molecule has 154 valence electrons. The first-order chi connectivity index (χ1) is 14.0. The minimum atomic E-state index is 0.0947. The molecule has 2 aromatic carbocycles. The van der Waals surface area contributed by atoms with Crippen LogP contribution in [-0.4, -0.2) is 45.9 Å². The van der Waals surface area contributed by atoms with Crippen molar-refractivity contribution in [2.75, 3.05) is 19.5 Å². The molecule has 0 fully saturated rings. The van der Waals surface area contributed by atoms with Crippen molar-refractivity contribution in [3.8, 4) is 0 Å². The van der Waals surface area contributed by atoms with E-state index < -0.39 is 0 Å². The van der Waals surface area contributed by atoms with E-state index in [1.807, 2.05) is 67.3 Å². The zero-order valence-corrected chi connectivity index (χ0v) is 18.5. The number of methoxy groups -OCH3 is 1. The number of benzene rings is 2. The molecule has 0 aliphatic carbocycles. The van der Waals surface area contributed by atoms with E-state index in [0.29, 0.717) is 30.5 Å². The van der Waals surface area contributed by atoms with Crippen LogP contribution >= 0.6 is 23.4 Å². The molecule has 0 unspecified atom stereocenters. The number of fused-ring (bicyclic) bond motifs is 1. The number of halogens is 1. The fraction of sp³-hybridized carbons (Fsp3) is 0.364. The molecular weight excluding hydrogens is 406 g/mol. The highest BCUT2D eigenvalue weighted by Gasteiger charge is 2.19. The lowest BCUT2D eigenvalue weighted by Gasteiger charge is -2.27. The minimum absolute atomic E-state index is 0.0947. The van der Waals surface area contributed by atoms with Gasteiger partial charge in [-0.15, -0.1) is 0 Å². The minimum Gasteiger partial charge on any atom is -0.383 e. The maximum atomic E-state index is 13.0. The predicted molar refractivity (Wildman–Crippen MR) is 119 cm³/mol. The van der Waals surface area contributed by atoms with E-state index >= 15 is 0 Å². The van der Waals surface area contributed by atoms with E-state index in [1.165, 1.54) is 11.8 Å². The van der Waals surface area contributed by atoms with Crippen LogP contribution in [0, 0.1) is 0 Å². The average Bonchev–Trinajstić information content (AvgIpc) is 3.05. The molecule has 0 saturated carbocycles. The van der Waals surface area contributed by atoms with E-state index in [9.17, 15) is 4.79 Å². The van der Waals surface area contributed by atoms with Gasteiger partial charge in [-0.05, 0) is 37.6 Å². The third kappa shape index (κ3) is 5.53. The van der Waals surface area contributed by atoms with Crippen molar-refractivity contribution in [2.24, 2.45) is 0 Å². The monoisotopic (exact) mass is 431 g/mol. The van der Waals surface area contributed by atoms with Crippen molar-refractivity contribution in [3.63, 3.8) is 0 Å². The molecule has 7 heteroatoms. The van der Waals surface area contributed by atoms with E-state index in [2.05, 4.69) is 4.57 Å². The first-order valence-corrected chi connectivity index (χ1v) is 11.0. The van der Waals surface area contributed by atoms with Gasteiger partial charge in [-0.2, -0.15) is 0 Å². The molecule has 1 heterocycles. The van der Waals surface area contributed by atoms with Gasteiger partial charge < -0.3 is 14.2 Å². The summed E-state index contributed by atoms with van der Waals surface area (Å²) in [6.07, 6.45) is 0. The van der Waals surface area contributed by atoms with Crippen LogP contribution in [0.4, 0.5) is 0 Å². The highest BCUT2D eigenvalue weighted by atomic mass is 35.5. The smallest absolute Gasteiger partial charge is 0.233 e. The Kier molecular flexibility index (Phi) is 7.58. The summed E-state index contributed by atoms with van der Waals surface area (Å²) >= 11 is 7.58. The van der Waals surface area contributed by atoms with Crippen molar-refractivity contribution in [2.45, 2.75) is 38.1 Å². The van der Waals surface area contributed by atoms with Crippen LogP contribution in [0.3, 0.4) is 0 Å². The van der Waals surface area contributed by atoms with Crippen molar-refractivity contribution in [3.05, 3.63) is 59.1 Å². The largest absolute Gasteiger partial charge is 0.383 e. The van der Waals surface area contributed by atoms with Gasteiger partial charge in [-0.25, -0.2) is 4.98 Å². The number of carbonyl (C=O) groups excluding carboxylic acids is 1. The molecule has 0 N–H and O–H groups in total. The maximum Gasteiger partial charge on any atom is 0.233 e. The standard InChI is InChI=1S/C22H26ClN3O2S/c1-16(2)26(14-17-7-5-4-6-8-17)21(27)15-29-22-24-19-13-18(23)9-10-20(19)25(22)11-12-28-3/h4-10,13,16H,11-12,14-15H2,1-3H3. The Bertz CT molecular complexity index is 959. The van der Waals surface area contributed by atoms with Crippen LogP contribution < -0.4 is 0 Å². The Labute approximate surface area is 181 Å². The van der Waals surface area contributed by atoms with Gasteiger partial charge in [-0.1, -0.05) is 53.7 Å². The summed E-state index contributed by atoms with van der Waals surface area (Å²) in [7, 11) is 1.68. The Morgan fingerprint density at radius 2 is 2.00 bits per heavy atom. The molecule has 0 aliphatic heterocycles. The molecule has 29 heavy (non-hydrogen) atoms. The van der Waals surface area contributed by atoms with Crippen LogP contribution in [0.25, 0.3) is 11.0 Å². The molecular formula is C22H26ClN3O2S. The molecule has 0 atom stereocenters. The lowest BCUT2D eigenvalue weighted by Crippen LogP contribution is -2.37. The van der Waals surface area contributed by atoms with E-state index in [4.69, 9.17) is 21.3 Å². The number of carbonyl (C=O) groups is 1. The summed E-state index contributed by atoms with van der Waals surface area (Å²) < 4.78 is 7.33. The van der Waals surface area contributed by atoms with Gasteiger partial charge >= 0.3 is 0 Å². The maximum absolute atomic E-state index is 13.0. The zero-order chi connectivity index (χ0) is 20.8. The third-order valence-electron chi connectivity index (χ3n) is 4.66. The molecule has 0 bridgehead atoms. The number of thioether (sulfide) groups is 1. The zero-order valence-electron chi connectivity index (χ0n) is 17.0. The summed E-state index contributed by atoms with van der Waals surface area (Å²) in [6, 6.07) is 15.9. The topological polar surface area (TPSA) is 47.4 Å². The molecule has 3 aromatic rings. The normalized spacial score (nSPS) is 11.3. The number of nitrogens with zero attached hydrogens (tertiary/aromatic N) is 3. The molecule has 3 rings (SSSR count). The van der Waals surface area contributed by atoms with E-state index in [1.54, 1.807) is 7.11 Å². The second-order valence-electron chi connectivity index (χ2n) is 7.06. The summed E-state index contributed by atoms with van der Waals surface area (Å²) in [6.45, 7) is 5.93. The Balaban J connectivity index is 1.76. The van der Waals surface area contributed by atoms with Crippen LogP contribution in [0.15, 0.2) is 53.7 Å². The highest BCUT2D eigenvalue weighted by molar-refractivity contribution is 7.99. The molecule has 1 amide bonds. The second kappa shape index (κ2) is 10.1. The molecule has 0 saturated heterocycles. The first-order valence-electron chi connectivity index (χ1n) is 9.60. The SMILES string of the molecule is COCCn1c(SCC(=O)N(Cc2ccccc2)C(C)C)nc2cc(Cl)ccc21. The summed E-state index contributed by atoms with van der Waals surface area (Å²) in [5.74, 6) is 0.423. The lowest BCUT2D eigenvalue weighted by atomic mass is 10.2. The number of rotatable bonds is 9. The Morgan fingerprint density at radius 3 is 2.69 bits per heavy atom. The van der Waals surface area contributed by atoms with Gasteiger partial charge in [0.15, 0.2) is 5.16 Å².